The molecule has 1 aromatic heterocycles. The number of nitrogens with zero attached hydrogens (tertiary/aromatic N) is 1. The molecule has 0 bridgehead atoms. The zero-order chi connectivity index (χ0) is 20.5. The van der Waals surface area contributed by atoms with Crippen LogP contribution in [0.2, 0.25) is 0 Å². The van der Waals surface area contributed by atoms with Gasteiger partial charge in [-0.1, -0.05) is 36.4 Å². The van der Waals surface area contributed by atoms with Crippen molar-refractivity contribution in [3.8, 4) is 0 Å². The van der Waals surface area contributed by atoms with Gasteiger partial charge < -0.3 is 9.88 Å². The molecule has 3 aromatic rings. The minimum atomic E-state index is -3.80. The summed E-state index contributed by atoms with van der Waals surface area (Å²) < 4.78 is 28.7. The molecular formula is C22H24N2O3S. The molecule has 0 aliphatic carbocycles. The van der Waals surface area contributed by atoms with Gasteiger partial charge in [0.05, 0.1) is 4.90 Å². The van der Waals surface area contributed by atoms with Crippen LogP contribution in [-0.2, 0) is 9.84 Å². The number of hydrogen-bond donors (Lipinski definition) is 1. The van der Waals surface area contributed by atoms with Gasteiger partial charge in [-0.25, -0.2) is 8.42 Å². The van der Waals surface area contributed by atoms with Crippen LogP contribution in [0.5, 0.6) is 0 Å². The molecule has 28 heavy (non-hydrogen) atoms. The Hall–Kier alpha value is -2.86. The van der Waals surface area contributed by atoms with Crippen LogP contribution in [0.25, 0.3) is 0 Å². The monoisotopic (exact) mass is 396 g/mol. The first kappa shape index (κ1) is 19.9. The van der Waals surface area contributed by atoms with E-state index in [1.807, 2.05) is 31.4 Å². The molecule has 0 aliphatic rings. The van der Waals surface area contributed by atoms with E-state index in [1.165, 1.54) is 0 Å². The van der Waals surface area contributed by atoms with E-state index in [4.69, 9.17) is 0 Å². The fourth-order valence-electron chi connectivity index (χ4n) is 3.38. The Balaban J connectivity index is 2.21. The van der Waals surface area contributed by atoms with Crippen molar-refractivity contribution >= 4 is 21.6 Å². The largest absolute Gasteiger partial charge is 0.328 e. The van der Waals surface area contributed by atoms with E-state index >= 15 is 0 Å². The summed E-state index contributed by atoms with van der Waals surface area (Å²) in [6.07, 6.45) is 0. The summed E-state index contributed by atoms with van der Waals surface area (Å²) in [4.78, 5) is 13.2. The summed E-state index contributed by atoms with van der Waals surface area (Å²) in [6.45, 7) is 7.58. The Morgan fingerprint density at radius 1 is 0.929 bits per heavy atom. The molecule has 2 aromatic carbocycles. The van der Waals surface area contributed by atoms with Crippen LogP contribution in [0, 0.1) is 13.8 Å². The van der Waals surface area contributed by atoms with Gasteiger partial charge in [0.1, 0.15) is 10.7 Å². The fourth-order valence-corrected chi connectivity index (χ4v) is 5.08. The normalized spacial score (nSPS) is 11.6. The molecule has 0 atom stereocenters. The average Bonchev–Trinajstić information content (AvgIpc) is 2.93. The number of anilines is 1. The van der Waals surface area contributed by atoms with Crippen LogP contribution in [0.3, 0.4) is 0 Å². The van der Waals surface area contributed by atoms with E-state index in [1.54, 1.807) is 61.5 Å². The van der Waals surface area contributed by atoms with Crippen molar-refractivity contribution in [1.82, 2.24) is 4.57 Å². The summed E-state index contributed by atoms with van der Waals surface area (Å²) in [6, 6.07) is 17.0. The first-order valence-electron chi connectivity index (χ1n) is 9.13. The van der Waals surface area contributed by atoms with Gasteiger partial charge in [0.25, 0.3) is 5.91 Å². The molecule has 0 saturated heterocycles. The molecule has 1 N–H and O–H groups in total. The third-order valence-corrected chi connectivity index (χ3v) is 6.74. The highest BCUT2D eigenvalue weighted by Gasteiger charge is 2.31. The Morgan fingerprint density at radius 3 is 2.00 bits per heavy atom. The second-order valence-electron chi connectivity index (χ2n) is 6.99. The van der Waals surface area contributed by atoms with Gasteiger partial charge in [0, 0.05) is 17.3 Å². The number of aromatic nitrogens is 1. The molecule has 6 heteroatoms. The molecule has 0 aliphatic heterocycles. The van der Waals surface area contributed by atoms with Gasteiger partial charge in [-0.15, -0.1) is 0 Å². The summed E-state index contributed by atoms with van der Waals surface area (Å²) in [5.74, 6) is -0.0350. The maximum absolute atomic E-state index is 13.4. The first-order valence-corrected chi connectivity index (χ1v) is 10.6. The second kappa shape index (κ2) is 7.64. The van der Waals surface area contributed by atoms with E-state index in [0.717, 1.165) is 5.69 Å². The standard InChI is InChI=1S/C22H24N2O3S/c1-15(2)24-17(4)16(3)20(28(26,27)19-13-9-6-10-14-19)21(24)23-22(25)18-11-7-5-8-12-18/h5-15H,1-4H3,(H,23,25). The minimum absolute atomic E-state index is 0.0236. The Labute approximate surface area is 165 Å². The number of amides is 1. The van der Waals surface area contributed by atoms with Crippen molar-refractivity contribution in [2.75, 3.05) is 5.32 Å². The van der Waals surface area contributed by atoms with Gasteiger partial charge in [-0.3, -0.25) is 4.79 Å². The van der Waals surface area contributed by atoms with Crippen LogP contribution in [-0.4, -0.2) is 18.9 Å². The van der Waals surface area contributed by atoms with E-state index in [0.29, 0.717) is 16.9 Å². The third kappa shape index (κ3) is 3.47. The summed E-state index contributed by atoms with van der Waals surface area (Å²) >= 11 is 0. The van der Waals surface area contributed by atoms with Crippen molar-refractivity contribution in [2.24, 2.45) is 0 Å². The summed E-state index contributed by atoms with van der Waals surface area (Å²) in [5, 5.41) is 2.86. The topological polar surface area (TPSA) is 68.2 Å². The number of carbonyl (C=O) groups excluding carboxylic acids is 1. The predicted octanol–water partition coefficient (Wildman–Crippen LogP) is 4.77. The number of rotatable bonds is 5. The van der Waals surface area contributed by atoms with Crippen LogP contribution < -0.4 is 5.32 Å². The first-order chi connectivity index (χ1) is 13.2. The average molecular weight is 397 g/mol. The Morgan fingerprint density at radius 2 is 1.46 bits per heavy atom. The SMILES string of the molecule is Cc1c(S(=O)(=O)c2ccccc2)c(NC(=O)c2ccccc2)n(C(C)C)c1C. The van der Waals surface area contributed by atoms with Crippen LogP contribution >= 0.6 is 0 Å². The van der Waals surface area contributed by atoms with Crippen LogP contribution in [0.1, 0.15) is 41.5 Å². The molecule has 0 saturated carbocycles. The molecule has 0 radical (unpaired) electrons. The molecule has 146 valence electrons. The van der Waals surface area contributed by atoms with E-state index < -0.39 is 9.84 Å². The molecule has 3 rings (SSSR count). The lowest BCUT2D eigenvalue weighted by atomic mass is 10.2. The molecule has 1 amide bonds. The number of hydrogen-bond acceptors (Lipinski definition) is 3. The fraction of sp³-hybridized carbons (Fsp3) is 0.227. The van der Waals surface area contributed by atoms with Gasteiger partial charge >= 0.3 is 0 Å². The van der Waals surface area contributed by atoms with E-state index in [-0.39, 0.29) is 21.7 Å². The molecule has 0 fully saturated rings. The van der Waals surface area contributed by atoms with Crippen molar-refractivity contribution < 1.29 is 13.2 Å². The summed E-state index contributed by atoms with van der Waals surface area (Å²) in [5.41, 5.74) is 1.92. The van der Waals surface area contributed by atoms with Gasteiger partial charge in [0.2, 0.25) is 9.84 Å². The maximum atomic E-state index is 13.4. The molecule has 5 nitrogen and oxygen atoms in total. The van der Waals surface area contributed by atoms with Gasteiger partial charge in [0.15, 0.2) is 0 Å². The maximum Gasteiger partial charge on any atom is 0.256 e. The Bertz CT molecular complexity index is 1100. The quantitative estimate of drug-likeness (QED) is 0.675. The molecule has 0 spiro atoms. The smallest absolute Gasteiger partial charge is 0.256 e. The van der Waals surface area contributed by atoms with Gasteiger partial charge in [-0.2, -0.15) is 0 Å². The van der Waals surface area contributed by atoms with E-state index in [9.17, 15) is 13.2 Å². The van der Waals surface area contributed by atoms with Crippen molar-refractivity contribution in [1.29, 1.82) is 0 Å². The lowest BCUT2D eigenvalue weighted by Crippen LogP contribution is -2.18. The van der Waals surface area contributed by atoms with Crippen molar-refractivity contribution in [3.05, 3.63) is 77.5 Å². The minimum Gasteiger partial charge on any atom is -0.328 e. The molecular weight excluding hydrogens is 372 g/mol. The lowest BCUT2D eigenvalue weighted by Gasteiger charge is -2.17. The Kier molecular flexibility index (Phi) is 5.42. The van der Waals surface area contributed by atoms with Gasteiger partial charge in [-0.05, 0) is 57.5 Å². The molecule has 0 unspecified atom stereocenters. The van der Waals surface area contributed by atoms with E-state index in [2.05, 4.69) is 5.32 Å². The number of sulfone groups is 1. The predicted molar refractivity (Wildman–Crippen MR) is 111 cm³/mol. The number of carbonyl (C=O) groups is 1. The van der Waals surface area contributed by atoms with Crippen molar-refractivity contribution in [3.63, 3.8) is 0 Å². The molecule has 1 heterocycles. The number of nitrogens with one attached hydrogen (secondary N) is 1. The number of benzene rings is 2. The van der Waals surface area contributed by atoms with Crippen LogP contribution in [0.15, 0.2) is 70.5 Å². The highest BCUT2D eigenvalue weighted by atomic mass is 32.2. The highest BCUT2D eigenvalue weighted by molar-refractivity contribution is 7.91. The van der Waals surface area contributed by atoms with Crippen LogP contribution in [0.4, 0.5) is 5.82 Å². The lowest BCUT2D eigenvalue weighted by molar-refractivity contribution is 0.102. The zero-order valence-corrected chi connectivity index (χ0v) is 17.2. The highest BCUT2D eigenvalue weighted by Crippen LogP contribution is 2.37. The van der Waals surface area contributed by atoms with Crippen molar-refractivity contribution in [2.45, 2.75) is 43.5 Å². The zero-order valence-electron chi connectivity index (χ0n) is 16.4. The third-order valence-electron chi connectivity index (χ3n) is 4.81. The summed E-state index contributed by atoms with van der Waals surface area (Å²) in [7, 11) is -3.80. The second-order valence-corrected chi connectivity index (χ2v) is 8.88.